The molecule has 2 amide bonds. The maximum atomic E-state index is 13.1. The molecule has 2 aliphatic heterocycles. The minimum absolute atomic E-state index is 0.0372. The van der Waals surface area contributed by atoms with Crippen LogP contribution >= 0.6 is 0 Å². The minimum atomic E-state index is -0.416. The van der Waals surface area contributed by atoms with Gasteiger partial charge in [-0.3, -0.25) is 19.4 Å². The topological polar surface area (TPSA) is 73.9 Å². The van der Waals surface area contributed by atoms with E-state index in [-0.39, 0.29) is 18.4 Å². The zero-order valence-electron chi connectivity index (χ0n) is 17.3. The van der Waals surface area contributed by atoms with Crippen molar-refractivity contribution in [1.29, 1.82) is 0 Å². The van der Waals surface area contributed by atoms with Crippen LogP contribution in [-0.4, -0.2) is 55.6 Å². The highest BCUT2D eigenvalue weighted by molar-refractivity contribution is 6.11. The molecule has 1 fully saturated rings. The van der Waals surface area contributed by atoms with Gasteiger partial charge in [0.1, 0.15) is 6.54 Å². The summed E-state index contributed by atoms with van der Waals surface area (Å²) in [5.41, 5.74) is 3.85. The van der Waals surface area contributed by atoms with Crippen LogP contribution in [-0.2, 0) is 27.4 Å². The first-order valence-electron chi connectivity index (χ1n) is 10.4. The van der Waals surface area contributed by atoms with Gasteiger partial charge >= 0.3 is 0 Å². The molecule has 4 rings (SSSR count). The van der Waals surface area contributed by atoms with Crippen molar-refractivity contribution in [1.82, 2.24) is 10.2 Å². The normalized spacial score (nSPS) is 17.9. The number of rotatable bonds is 6. The second-order valence-corrected chi connectivity index (χ2v) is 7.75. The lowest BCUT2D eigenvalue weighted by atomic mass is 10.1. The summed E-state index contributed by atoms with van der Waals surface area (Å²) in [5.74, 6) is -0.284. The van der Waals surface area contributed by atoms with Crippen LogP contribution in [0.15, 0.2) is 48.5 Å². The molecule has 1 saturated heterocycles. The van der Waals surface area contributed by atoms with Gasteiger partial charge in [-0.1, -0.05) is 36.4 Å². The monoisotopic (exact) mass is 408 g/mol. The van der Waals surface area contributed by atoms with Crippen LogP contribution in [0, 0.1) is 0 Å². The number of nitrogens with one attached hydrogen (secondary N) is 2. The van der Waals surface area contributed by atoms with Crippen molar-refractivity contribution in [2.75, 3.05) is 43.1 Å². The molecule has 2 aliphatic rings. The lowest BCUT2D eigenvalue weighted by Crippen LogP contribution is -2.49. The number of carbonyl (C=O) groups excluding carboxylic acids is 2. The standard InChI is InChI=1S/C23H28N4O3/c1-17(23(29)27-16-22(28)25-20-8-4-5-9-21(20)27)24-14-18-6-2-3-7-19(18)15-26-10-12-30-13-11-26/h2-9,17,24H,10-16H2,1H3,(H,25,28)/t17-/m0/s1. The van der Waals surface area contributed by atoms with Crippen LogP contribution < -0.4 is 15.5 Å². The van der Waals surface area contributed by atoms with Crippen molar-refractivity contribution in [3.63, 3.8) is 0 Å². The number of nitrogens with zero attached hydrogens (tertiary/aromatic N) is 2. The summed E-state index contributed by atoms with van der Waals surface area (Å²) in [6.07, 6.45) is 0. The van der Waals surface area contributed by atoms with Crippen molar-refractivity contribution in [3.05, 3.63) is 59.7 Å². The minimum Gasteiger partial charge on any atom is -0.379 e. The summed E-state index contributed by atoms with van der Waals surface area (Å²) >= 11 is 0. The number of carbonyl (C=O) groups is 2. The van der Waals surface area contributed by atoms with E-state index in [4.69, 9.17) is 4.74 Å². The second-order valence-electron chi connectivity index (χ2n) is 7.75. The number of benzene rings is 2. The average molecular weight is 409 g/mol. The summed E-state index contributed by atoms with van der Waals surface area (Å²) in [7, 11) is 0. The Morgan fingerprint density at radius 2 is 1.80 bits per heavy atom. The third kappa shape index (κ3) is 4.70. The van der Waals surface area contributed by atoms with E-state index in [1.54, 1.807) is 4.90 Å². The lowest BCUT2D eigenvalue weighted by Gasteiger charge is -2.31. The zero-order chi connectivity index (χ0) is 20.9. The van der Waals surface area contributed by atoms with E-state index in [1.807, 2.05) is 37.3 Å². The van der Waals surface area contributed by atoms with Gasteiger partial charge in [0, 0.05) is 26.2 Å². The van der Waals surface area contributed by atoms with Crippen molar-refractivity contribution in [3.8, 4) is 0 Å². The largest absolute Gasteiger partial charge is 0.379 e. The van der Waals surface area contributed by atoms with E-state index in [0.717, 1.165) is 38.5 Å². The molecule has 2 aromatic rings. The zero-order valence-corrected chi connectivity index (χ0v) is 17.3. The lowest BCUT2D eigenvalue weighted by molar-refractivity contribution is -0.123. The molecule has 158 valence electrons. The number of hydrogen-bond donors (Lipinski definition) is 2. The molecule has 2 heterocycles. The molecule has 2 N–H and O–H groups in total. The molecule has 0 spiro atoms. The maximum absolute atomic E-state index is 13.1. The third-order valence-electron chi connectivity index (χ3n) is 5.62. The first-order chi connectivity index (χ1) is 14.6. The first-order valence-corrected chi connectivity index (χ1v) is 10.4. The molecule has 0 unspecified atom stereocenters. The van der Waals surface area contributed by atoms with Gasteiger partial charge in [0.2, 0.25) is 11.8 Å². The van der Waals surface area contributed by atoms with Crippen molar-refractivity contribution in [2.45, 2.75) is 26.1 Å². The van der Waals surface area contributed by atoms with Gasteiger partial charge in [-0.25, -0.2) is 0 Å². The van der Waals surface area contributed by atoms with Crippen LogP contribution in [0.5, 0.6) is 0 Å². The fourth-order valence-corrected chi connectivity index (χ4v) is 3.90. The highest BCUT2D eigenvalue weighted by atomic mass is 16.5. The van der Waals surface area contributed by atoms with E-state index >= 15 is 0 Å². The van der Waals surface area contributed by atoms with E-state index in [0.29, 0.717) is 12.2 Å². The molecular formula is C23H28N4O3. The fourth-order valence-electron chi connectivity index (χ4n) is 3.90. The predicted octanol–water partition coefficient (Wildman–Crippen LogP) is 1.98. The number of amides is 2. The van der Waals surface area contributed by atoms with Crippen LogP contribution in [0.4, 0.5) is 11.4 Å². The van der Waals surface area contributed by atoms with Gasteiger partial charge in [0.25, 0.3) is 0 Å². The summed E-state index contributed by atoms with van der Waals surface area (Å²) in [4.78, 5) is 29.1. The summed E-state index contributed by atoms with van der Waals surface area (Å²) in [6.45, 7) is 6.78. The van der Waals surface area contributed by atoms with Crippen LogP contribution in [0.3, 0.4) is 0 Å². The van der Waals surface area contributed by atoms with Crippen molar-refractivity contribution >= 4 is 23.2 Å². The number of hydrogen-bond acceptors (Lipinski definition) is 5. The Bertz CT molecular complexity index is 911. The van der Waals surface area contributed by atoms with Crippen molar-refractivity contribution < 1.29 is 14.3 Å². The molecule has 7 heteroatoms. The van der Waals surface area contributed by atoms with E-state index in [1.165, 1.54) is 11.1 Å². The molecular weight excluding hydrogens is 380 g/mol. The quantitative estimate of drug-likeness (QED) is 0.765. The Labute approximate surface area is 177 Å². The second kappa shape index (κ2) is 9.38. The molecule has 0 radical (unpaired) electrons. The number of anilines is 2. The Balaban J connectivity index is 1.41. The first kappa shape index (κ1) is 20.5. The Morgan fingerprint density at radius 3 is 2.60 bits per heavy atom. The predicted molar refractivity (Wildman–Crippen MR) is 116 cm³/mol. The molecule has 7 nitrogen and oxygen atoms in total. The SMILES string of the molecule is C[C@H](NCc1ccccc1CN1CCOCC1)C(=O)N1CC(=O)Nc2ccccc21. The molecule has 30 heavy (non-hydrogen) atoms. The van der Waals surface area contributed by atoms with Gasteiger partial charge in [-0.15, -0.1) is 0 Å². The van der Waals surface area contributed by atoms with E-state index in [2.05, 4.69) is 33.7 Å². The van der Waals surface area contributed by atoms with Crippen LogP contribution in [0.2, 0.25) is 0 Å². The highest BCUT2D eigenvalue weighted by Gasteiger charge is 2.29. The number of ether oxygens (including phenoxy) is 1. The summed E-state index contributed by atoms with van der Waals surface area (Å²) < 4.78 is 5.44. The van der Waals surface area contributed by atoms with Gasteiger partial charge in [-0.05, 0) is 30.2 Å². The van der Waals surface area contributed by atoms with Gasteiger partial charge in [-0.2, -0.15) is 0 Å². The van der Waals surface area contributed by atoms with Crippen molar-refractivity contribution in [2.24, 2.45) is 0 Å². The Morgan fingerprint density at radius 1 is 1.10 bits per heavy atom. The smallest absolute Gasteiger partial charge is 0.244 e. The maximum Gasteiger partial charge on any atom is 0.244 e. The summed E-state index contributed by atoms with van der Waals surface area (Å²) in [6, 6.07) is 15.3. The average Bonchev–Trinajstić information content (AvgIpc) is 2.78. The Kier molecular flexibility index (Phi) is 6.42. The van der Waals surface area contributed by atoms with Gasteiger partial charge in [0.15, 0.2) is 0 Å². The van der Waals surface area contributed by atoms with Gasteiger partial charge < -0.3 is 15.4 Å². The molecule has 0 aliphatic carbocycles. The Hall–Kier alpha value is -2.74. The fraction of sp³-hybridized carbons (Fsp3) is 0.391. The highest BCUT2D eigenvalue weighted by Crippen LogP contribution is 2.29. The van der Waals surface area contributed by atoms with Gasteiger partial charge in [0.05, 0.1) is 30.6 Å². The number of fused-ring (bicyclic) bond motifs is 1. The van der Waals surface area contributed by atoms with E-state index < -0.39 is 6.04 Å². The third-order valence-corrected chi connectivity index (χ3v) is 5.62. The molecule has 2 aromatic carbocycles. The van der Waals surface area contributed by atoms with E-state index in [9.17, 15) is 9.59 Å². The number of para-hydroxylation sites is 2. The summed E-state index contributed by atoms with van der Waals surface area (Å²) in [5, 5.41) is 6.17. The van der Waals surface area contributed by atoms with Crippen LogP contribution in [0.25, 0.3) is 0 Å². The molecule has 0 saturated carbocycles. The molecule has 0 aromatic heterocycles. The number of morpholine rings is 1. The molecule has 0 bridgehead atoms. The molecule has 1 atom stereocenters. The van der Waals surface area contributed by atoms with Crippen LogP contribution in [0.1, 0.15) is 18.1 Å².